The average molecular weight is 333 g/mol. The van der Waals surface area contributed by atoms with Crippen LogP contribution in [0.4, 0.5) is 0 Å². The highest BCUT2D eigenvalue weighted by Crippen LogP contribution is 2.28. The molecule has 1 atom stereocenters. The molecule has 0 N–H and O–H groups in total. The maximum absolute atomic E-state index is 5.98. The first-order valence-corrected chi connectivity index (χ1v) is 9.21. The Morgan fingerprint density at radius 2 is 1.59 bits per heavy atom. The summed E-state index contributed by atoms with van der Waals surface area (Å²) in [6.07, 6.45) is 3.24. The summed E-state index contributed by atoms with van der Waals surface area (Å²) in [7, 11) is 0. The normalized spacial score (nSPS) is 12.7. The van der Waals surface area contributed by atoms with Gasteiger partial charge in [-0.3, -0.25) is 0 Å². The van der Waals surface area contributed by atoms with Crippen LogP contribution >= 0.6 is 23.4 Å². The lowest BCUT2D eigenvalue weighted by Gasteiger charge is -2.13. The van der Waals surface area contributed by atoms with Crippen molar-refractivity contribution in [3.05, 3.63) is 70.2 Å². The van der Waals surface area contributed by atoms with E-state index in [0.29, 0.717) is 6.54 Å². The number of halogens is 1. The molecule has 0 saturated carbocycles. The van der Waals surface area contributed by atoms with Crippen molar-refractivity contribution in [1.82, 2.24) is 0 Å². The number of thioether (sulfide) groups is 1. The fraction of sp³-hybridized carbons (Fsp3) is 0.333. The zero-order chi connectivity index (χ0) is 15.8. The predicted octanol–water partition coefficient (Wildman–Crippen LogP) is 5.81. The Bertz CT molecular complexity index is 593. The number of benzene rings is 2. The highest BCUT2D eigenvalue weighted by molar-refractivity contribution is 7.98. The molecule has 2 aromatic rings. The highest BCUT2D eigenvalue weighted by atomic mass is 35.5. The molecule has 1 unspecified atom stereocenters. The van der Waals surface area contributed by atoms with Crippen molar-refractivity contribution in [1.29, 1.82) is 0 Å². The Balaban J connectivity index is 2.25. The molecule has 0 aliphatic rings. The monoisotopic (exact) mass is 332 g/mol. The largest absolute Gasteiger partial charge is 0.194 e. The van der Waals surface area contributed by atoms with Crippen LogP contribution in [0, 0.1) is 0 Å². The van der Waals surface area contributed by atoms with Crippen LogP contribution in [0.1, 0.15) is 29.7 Å². The first-order valence-electron chi connectivity index (χ1n) is 7.44. The van der Waals surface area contributed by atoms with E-state index in [4.69, 9.17) is 11.6 Å². The summed E-state index contributed by atoms with van der Waals surface area (Å²) in [5.41, 5.74) is 3.63. The summed E-state index contributed by atoms with van der Waals surface area (Å²) >= 11 is 7.85. The van der Waals surface area contributed by atoms with Gasteiger partial charge in [0, 0.05) is 5.02 Å². The van der Waals surface area contributed by atoms with Crippen LogP contribution in [0.3, 0.4) is 0 Å². The van der Waals surface area contributed by atoms with Gasteiger partial charge in [-0.05, 0) is 54.2 Å². The van der Waals surface area contributed by atoms with Gasteiger partial charge < -0.3 is 0 Å². The van der Waals surface area contributed by atoms with Crippen LogP contribution in [0.25, 0.3) is 0 Å². The van der Waals surface area contributed by atoms with Crippen LogP contribution in [-0.2, 0) is 6.42 Å². The minimum atomic E-state index is -0.0631. The molecule has 0 heterocycles. The maximum atomic E-state index is 5.98. The lowest BCUT2D eigenvalue weighted by Crippen LogP contribution is -1.98. The molecule has 0 aliphatic carbocycles. The molecule has 22 heavy (non-hydrogen) atoms. The minimum Gasteiger partial charge on any atom is -0.194 e. The zero-order valence-electron chi connectivity index (χ0n) is 13.0. The summed E-state index contributed by atoms with van der Waals surface area (Å²) < 4.78 is 0. The first-order chi connectivity index (χ1) is 10.7. The van der Waals surface area contributed by atoms with Crippen LogP contribution in [0.5, 0.6) is 0 Å². The summed E-state index contributed by atoms with van der Waals surface area (Å²) in [5.74, 6) is 1.15. The highest BCUT2D eigenvalue weighted by Gasteiger charge is 2.13. The zero-order valence-corrected chi connectivity index (χ0v) is 14.6. The Hall–Kier alpha value is -1.32. The molecule has 0 fully saturated rings. The number of nitrogens with zero attached hydrogens (tertiary/aromatic N) is 2. The van der Waals surface area contributed by atoms with Crippen molar-refractivity contribution < 1.29 is 0 Å². The van der Waals surface area contributed by atoms with E-state index < -0.39 is 0 Å². The molecular weight excluding hydrogens is 312 g/mol. The Labute approximate surface area is 142 Å². The molecule has 0 radical (unpaired) electrons. The molecule has 0 bridgehead atoms. The molecule has 0 amide bonds. The topological polar surface area (TPSA) is 24.7 Å². The predicted molar refractivity (Wildman–Crippen MR) is 97.2 cm³/mol. The van der Waals surface area contributed by atoms with Gasteiger partial charge in [-0.2, -0.15) is 22.0 Å². The molecule has 2 nitrogen and oxygen atoms in total. The summed E-state index contributed by atoms with van der Waals surface area (Å²) in [4.78, 5) is 0. The number of azo groups is 1. The van der Waals surface area contributed by atoms with E-state index in [1.54, 1.807) is 0 Å². The molecule has 0 spiro atoms. The van der Waals surface area contributed by atoms with Gasteiger partial charge in [-0.15, -0.1) is 0 Å². The number of rotatable bonds is 7. The molecule has 116 valence electrons. The van der Waals surface area contributed by atoms with Gasteiger partial charge >= 0.3 is 0 Å². The van der Waals surface area contributed by atoms with E-state index in [-0.39, 0.29) is 6.04 Å². The van der Waals surface area contributed by atoms with E-state index in [1.165, 1.54) is 5.56 Å². The third kappa shape index (κ3) is 4.85. The van der Waals surface area contributed by atoms with Crippen molar-refractivity contribution in [3.8, 4) is 0 Å². The van der Waals surface area contributed by atoms with E-state index in [2.05, 4.69) is 40.7 Å². The SMILES string of the molecule is CCN=NC(c1ccc(Cl)cc1)c1ccc(CCSC)cc1. The molecule has 0 aliphatic heterocycles. The summed E-state index contributed by atoms with van der Waals surface area (Å²) in [5, 5.41) is 9.43. The molecular formula is C18H21ClN2S. The second kappa shape index (κ2) is 8.96. The maximum Gasteiger partial charge on any atom is 0.121 e. The Morgan fingerprint density at radius 1 is 1.00 bits per heavy atom. The van der Waals surface area contributed by atoms with Crippen LogP contribution in [-0.4, -0.2) is 18.6 Å². The molecule has 4 heteroatoms. The van der Waals surface area contributed by atoms with Crippen LogP contribution in [0.15, 0.2) is 58.8 Å². The fourth-order valence-electron chi connectivity index (χ4n) is 2.22. The number of aryl methyl sites for hydroxylation is 1. The van der Waals surface area contributed by atoms with E-state index in [1.807, 2.05) is 43.0 Å². The van der Waals surface area contributed by atoms with Gasteiger partial charge in [-0.25, -0.2) is 0 Å². The summed E-state index contributed by atoms with van der Waals surface area (Å²) in [6, 6.07) is 16.5. The van der Waals surface area contributed by atoms with Crippen molar-refractivity contribution in [3.63, 3.8) is 0 Å². The Morgan fingerprint density at radius 3 is 2.14 bits per heavy atom. The van der Waals surface area contributed by atoms with Crippen molar-refractivity contribution in [2.24, 2.45) is 10.2 Å². The smallest absolute Gasteiger partial charge is 0.121 e. The minimum absolute atomic E-state index is 0.0631. The second-order valence-corrected chi connectivity index (χ2v) is 6.43. The van der Waals surface area contributed by atoms with Gasteiger partial charge in [0.2, 0.25) is 0 Å². The van der Waals surface area contributed by atoms with E-state index in [0.717, 1.165) is 28.3 Å². The van der Waals surface area contributed by atoms with Gasteiger partial charge in [0.1, 0.15) is 6.04 Å². The molecule has 2 aromatic carbocycles. The van der Waals surface area contributed by atoms with Crippen molar-refractivity contribution >= 4 is 23.4 Å². The lowest BCUT2D eigenvalue weighted by molar-refractivity contribution is 0.769. The molecule has 2 rings (SSSR count). The van der Waals surface area contributed by atoms with Gasteiger partial charge in [0.15, 0.2) is 0 Å². The van der Waals surface area contributed by atoms with Crippen LogP contribution < -0.4 is 0 Å². The van der Waals surface area contributed by atoms with Crippen molar-refractivity contribution in [2.45, 2.75) is 19.4 Å². The molecule has 0 aromatic heterocycles. The number of hydrogen-bond acceptors (Lipinski definition) is 3. The van der Waals surface area contributed by atoms with Gasteiger partial charge in [0.05, 0.1) is 6.54 Å². The second-order valence-electron chi connectivity index (χ2n) is 5.01. The fourth-order valence-corrected chi connectivity index (χ4v) is 2.79. The van der Waals surface area contributed by atoms with E-state index in [9.17, 15) is 0 Å². The quantitative estimate of drug-likeness (QED) is 0.587. The third-order valence-corrected chi connectivity index (χ3v) is 4.28. The summed E-state index contributed by atoms with van der Waals surface area (Å²) in [6.45, 7) is 2.68. The van der Waals surface area contributed by atoms with Crippen LogP contribution in [0.2, 0.25) is 5.02 Å². The number of hydrogen-bond donors (Lipinski definition) is 0. The van der Waals surface area contributed by atoms with Gasteiger partial charge in [-0.1, -0.05) is 48.0 Å². The van der Waals surface area contributed by atoms with E-state index >= 15 is 0 Å². The lowest BCUT2D eigenvalue weighted by atomic mass is 9.98. The van der Waals surface area contributed by atoms with Crippen molar-refractivity contribution in [2.75, 3.05) is 18.6 Å². The first kappa shape index (κ1) is 17.0. The standard InChI is InChI=1S/C18H21ClN2S/c1-3-20-21-18(16-8-10-17(19)11-9-16)15-6-4-14(5-7-15)12-13-22-2/h4-11,18H,3,12-13H2,1-2H3. The van der Waals surface area contributed by atoms with Gasteiger partial charge in [0.25, 0.3) is 0 Å². The average Bonchev–Trinajstić information content (AvgIpc) is 2.56. The third-order valence-electron chi connectivity index (χ3n) is 3.41. The Kier molecular flexibility index (Phi) is 6.94. The molecule has 0 saturated heterocycles.